The van der Waals surface area contributed by atoms with Crippen molar-refractivity contribution in [3.63, 3.8) is 0 Å². The monoisotopic (exact) mass is 136 g/mol. The van der Waals surface area contributed by atoms with Gasteiger partial charge in [-0.15, -0.1) is 0 Å². The van der Waals surface area contributed by atoms with Crippen molar-refractivity contribution in [2.75, 3.05) is 6.61 Å². The normalized spacial score (nSPS) is 21.6. The van der Waals surface area contributed by atoms with Crippen molar-refractivity contribution in [2.24, 2.45) is 0 Å². The maximum absolute atomic E-state index is 5.31. The van der Waals surface area contributed by atoms with Crippen molar-refractivity contribution < 1.29 is 9.47 Å². The fourth-order valence-electron chi connectivity index (χ4n) is 1.01. The molecule has 0 amide bonds. The quantitative estimate of drug-likeness (QED) is 0.504. The first-order valence-corrected chi connectivity index (χ1v) is 3.31. The summed E-state index contributed by atoms with van der Waals surface area (Å²) in [5, 5.41) is 0. The van der Waals surface area contributed by atoms with E-state index in [4.69, 9.17) is 9.47 Å². The Morgan fingerprint density at radius 1 is 1.30 bits per heavy atom. The summed E-state index contributed by atoms with van der Waals surface area (Å²) in [5.74, 6) is 1.80. The number of ether oxygens (including phenoxy) is 2. The van der Waals surface area contributed by atoms with Crippen LogP contribution < -0.4 is 0 Å². The molecule has 0 aromatic heterocycles. The van der Waals surface area contributed by atoms with Gasteiger partial charge in [-0.2, -0.15) is 0 Å². The zero-order valence-electron chi connectivity index (χ0n) is 5.54. The predicted octanol–water partition coefficient (Wildman–Crippen LogP) is 1.72. The Bertz CT molecular complexity index is 223. The first-order chi connectivity index (χ1) is 4.97. The average molecular weight is 136 g/mol. The number of rotatable bonds is 0. The average Bonchev–Trinajstić information content (AvgIpc) is 2.28. The van der Waals surface area contributed by atoms with E-state index < -0.39 is 0 Å². The van der Waals surface area contributed by atoms with Crippen LogP contribution in [0.3, 0.4) is 0 Å². The Kier molecular flexibility index (Phi) is 1.24. The number of hydrogen-bond acceptors (Lipinski definition) is 2. The Balaban J connectivity index is 2.23. The van der Waals surface area contributed by atoms with Gasteiger partial charge in [0.2, 0.25) is 0 Å². The molecule has 0 radical (unpaired) electrons. The molecule has 0 fully saturated rings. The van der Waals surface area contributed by atoms with Crippen LogP contribution in [-0.2, 0) is 9.47 Å². The van der Waals surface area contributed by atoms with E-state index in [0.717, 1.165) is 17.9 Å². The smallest absolute Gasteiger partial charge is 0.158 e. The van der Waals surface area contributed by atoms with Crippen LogP contribution in [0.2, 0.25) is 0 Å². The maximum atomic E-state index is 5.31. The van der Waals surface area contributed by atoms with E-state index in [9.17, 15) is 0 Å². The summed E-state index contributed by atoms with van der Waals surface area (Å²) < 4.78 is 10.5. The molecular weight excluding hydrogens is 128 g/mol. The van der Waals surface area contributed by atoms with Gasteiger partial charge in [0, 0.05) is 6.42 Å². The molecule has 2 nitrogen and oxygen atoms in total. The minimum atomic E-state index is 0.614. The molecule has 2 aliphatic rings. The van der Waals surface area contributed by atoms with Gasteiger partial charge in [0.1, 0.15) is 12.4 Å². The summed E-state index contributed by atoms with van der Waals surface area (Å²) in [5.41, 5.74) is 0. The molecule has 1 heterocycles. The molecule has 10 heavy (non-hydrogen) atoms. The van der Waals surface area contributed by atoms with Crippen LogP contribution in [0.1, 0.15) is 6.42 Å². The zero-order chi connectivity index (χ0) is 6.81. The van der Waals surface area contributed by atoms with E-state index in [1.807, 2.05) is 18.2 Å². The molecule has 1 aliphatic heterocycles. The number of allylic oxidation sites excluding steroid dienone is 2. The molecular formula is C8H8O2. The molecule has 0 aromatic rings. The largest absolute Gasteiger partial charge is 0.486 e. The second kappa shape index (κ2) is 2.21. The highest BCUT2D eigenvalue weighted by molar-refractivity contribution is 5.26. The third-order valence-corrected chi connectivity index (χ3v) is 1.49. The molecule has 0 saturated heterocycles. The standard InChI is InChI=1S/C8H8O2/c1-3-7-8(4-1)10-6-2-5-9-7/h1-3,6H,4-5H2. The summed E-state index contributed by atoms with van der Waals surface area (Å²) in [6, 6.07) is 0. The van der Waals surface area contributed by atoms with Crippen molar-refractivity contribution in [3.8, 4) is 0 Å². The molecule has 0 unspecified atom stereocenters. The van der Waals surface area contributed by atoms with E-state index in [-0.39, 0.29) is 0 Å². The second-order valence-electron chi connectivity index (χ2n) is 2.19. The second-order valence-corrected chi connectivity index (χ2v) is 2.19. The maximum Gasteiger partial charge on any atom is 0.158 e. The molecule has 2 heteroatoms. The van der Waals surface area contributed by atoms with Crippen LogP contribution in [0.5, 0.6) is 0 Å². The topological polar surface area (TPSA) is 18.5 Å². The van der Waals surface area contributed by atoms with E-state index >= 15 is 0 Å². The minimum absolute atomic E-state index is 0.614. The van der Waals surface area contributed by atoms with E-state index in [0.29, 0.717) is 6.61 Å². The lowest BCUT2D eigenvalue weighted by molar-refractivity contribution is 0.245. The Morgan fingerprint density at radius 2 is 2.30 bits per heavy atom. The highest BCUT2D eigenvalue weighted by Gasteiger charge is 2.11. The third kappa shape index (κ3) is 0.817. The lowest BCUT2D eigenvalue weighted by Crippen LogP contribution is -1.88. The van der Waals surface area contributed by atoms with Crippen molar-refractivity contribution in [1.29, 1.82) is 0 Å². The van der Waals surface area contributed by atoms with Gasteiger partial charge in [-0.1, -0.05) is 6.08 Å². The van der Waals surface area contributed by atoms with Crippen molar-refractivity contribution in [1.82, 2.24) is 0 Å². The fourth-order valence-corrected chi connectivity index (χ4v) is 1.01. The summed E-state index contributed by atoms with van der Waals surface area (Å²) >= 11 is 0. The molecule has 52 valence electrons. The van der Waals surface area contributed by atoms with E-state index in [1.165, 1.54) is 0 Å². The lowest BCUT2D eigenvalue weighted by Gasteiger charge is -2.01. The van der Waals surface area contributed by atoms with Crippen LogP contribution in [0.15, 0.2) is 36.0 Å². The molecule has 1 aliphatic carbocycles. The van der Waals surface area contributed by atoms with Gasteiger partial charge in [0.05, 0.1) is 6.26 Å². The van der Waals surface area contributed by atoms with Crippen molar-refractivity contribution >= 4 is 0 Å². The SMILES string of the molecule is C1=COC2=C(C=CC2)OC1. The van der Waals surface area contributed by atoms with Crippen LogP contribution in [0.25, 0.3) is 0 Å². The summed E-state index contributed by atoms with van der Waals surface area (Å²) in [6.07, 6.45) is 8.37. The summed E-state index contributed by atoms with van der Waals surface area (Å²) in [6.45, 7) is 0.614. The Hall–Kier alpha value is -1.18. The molecule has 2 rings (SSSR count). The summed E-state index contributed by atoms with van der Waals surface area (Å²) in [7, 11) is 0. The first-order valence-electron chi connectivity index (χ1n) is 3.31. The zero-order valence-corrected chi connectivity index (χ0v) is 5.54. The molecule has 0 N–H and O–H groups in total. The van der Waals surface area contributed by atoms with Crippen LogP contribution >= 0.6 is 0 Å². The van der Waals surface area contributed by atoms with Gasteiger partial charge in [-0.3, -0.25) is 0 Å². The first kappa shape index (κ1) is 5.59. The molecule has 0 saturated carbocycles. The van der Waals surface area contributed by atoms with Gasteiger partial charge in [-0.05, 0) is 12.2 Å². The predicted molar refractivity (Wildman–Crippen MR) is 37.0 cm³/mol. The van der Waals surface area contributed by atoms with Crippen molar-refractivity contribution in [3.05, 3.63) is 36.0 Å². The Morgan fingerprint density at radius 3 is 3.30 bits per heavy atom. The minimum Gasteiger partial charge on any atom is -0.486 e. The van der Waals surface area contributed by atoms with E-state index in [2.05, 4.69) is 0 Å². The number of hydrogen-bond donors (Lipinski definition) is 0. The van der Waals surface area contributed by atoms with Crippen LogP contribution in [0, 0.1) is 0 Å². The van der Waals surface area contributed by atoms with Gasteiger partial charge in [0.25, 0.3) is 0 Å². The van der Waals surface area contributed by atoms with Gasteiger partial charge < -0.3 is 9.47 Å². The lowest BCUT2D eigenvalue weighted by atomic mass is 10.4. The molecule has 0 bridgehead atoms. The van der Waals surface area contributed by atoms with Gasteiger partial charge in [0.15, 0.2) is 5.76 Å². The Labute approximate surface area is 59.4 Å². The van der Waals surface area contributed by atoms with Gasteiger partial charge in [-0.25, -0.2) is 0 Å². The van der Waals surface area contributed by atoms with Crippen LogP contribution in [0.4, 0.5) is 0 Å². The molecule has 0 spiro atoms. The molecule has 0 aromatic carbocycles. The van der Waals surface area contributed by atoms with Gasteiger partial charge >= 0.3 is 0 Å². The van der Waals surface area contributed by atoms with Crippen LogP contribution in [-0.4, -0.2) is 6.61 Å². The molecule has 0 atom stereocenters. The van der Waals surface area contributed by atoms with E-state index in [1.54, 1.807) is 6.26 Å². The third-order valence-electron chi connectivity index (χ3n) is 1.49. The fraction of sp³-hybridized carbons (Fsp3) is 0.250. The highest BCUT2D eigenvalue weighted by Crippen LogP contribution is 2.22. The summed E-state index contributed by atoms with van der Waals surface area (Å²) in [4.78, 5) is 0. The van der Waals surface area contributed by atoms with Crippen molar-refractivity contribution in [2.45, 2.75) is 6.42 Å². The highest BCUT2D eigenvalue weighted by atomic mass is 16.5.